The molecule has 6 nitrogen and oxygen atoms in total. The lowest BCUT2D eigenvalue weighted by molar-refractivity contribution is 0.0849. The molecule has 0 aliphatic rings. The van der Waals surface area contributed by atoms with Crippen molar-refractivity contribution in [1.82, 2.24) is 10.9 Å². The number of nitrogens with one attached hydrogen (secondary N) is 3. The van der Waals surface area contributed by atoms with E-state index in [1.807, 2.05) is 19.9 Å². The molecule has 0 aliphatic heterocycles. The Morgan fingerprint density at radius 1 is 0.862 bits per heavy atom. The Morgan fingerprint density at radius 3 is 2.21 bits per heavy atom. The standard InChI is InChI=1S/C22H21N3O3S/c1-3-18-14(2)13-19(29-18)22(28)25-24-21(27)16-11-7-8-12-17(16)23-20(26)15-9-5-4-6-10-15/h4-13H,3H2,1-2H3,(H,23,26)(H,24,27)(H,25,28). The highest BCUT2D eigenvalue weighted by Crippen LogP contribution is 2.22. The number of benzene rings is 2. The molecule has 3 amide bonds. The summed E-state index contributed by atoms with van der Waals surface area (Å²) in [5.41, 5.74) is 6.99. The molecule has 1 aromatic heterocycles. The molecular formula is C22H21N3O3S. The first kappa shape index (κ1) is 20.3. The van der Waals surface area contributed by atoms with E-state index in [1.165, 1.54) is 11.3 Å². The van der Waals surface area contributed by atoms with Crippen LogP contribution in [0, 0.1) is 6.92 Å². The van der Waals surface area contributed by atoms with Crippen LogP contribution in [0.3, 0.4) is 0 Å². The molecule has 3 rings (SSSR count). The summed E-state index contributed by atoms with van der Waals surface area (Å²) in [6, 6.07) is 17.1. The number of hydrazine groups is 1. The number of amides is 3. The maximum atomic E-state index is 12.6. The molecule has 29 heavy (non-hydrogen) atoms. The van der Waals surface area contributed by atoms with Crippen LogP contribution in [0.4, 0.5) is 5.69 Å². The van der Waals surface area contributed by atoms with Crippen LogP contribution < -0.4 is 16.2 Å². The van der Waals surface area contributed by atoms with Crippen molar-refractivity contribution < 1.29 is 14.4 Å². The van der Waals surface area contributed by atoms with Crippen molar-refractivity contribution >= 4 is 34.7 Å². The highest BCUT2D eigenvalue weighted by Gasteiger charge is 2.16. The normalized spacial score (nSPS) is 10.3. The Morgan fingerprint density at radius 2 is 1.52 bits per heavy atom. The molecule has 3 N–H and O–H groups in total. The Kier molecular flexibility index (Phi) is 6.41. The number of carbonyl (C=O) groups is 3. The van der Waals surface area contributed by atoms with Gasteiger partial charge in [-0.3, -0.25) is 25.2 Å². The number of rotatable bonds is 5. The van der Waals surface area contributed by atoms with Gasteiger partial charge in [-0.05, 0) is 49.2 Å². The molecule has 2 aromatic carbocycles. The molecule has 7 heteroatoms. The zero-order valence-corrected chi connectivity index (χ0v) is 16.9. The second-order valence-electron chi connectivity index (χ2n) is 6.34. The van der Waals surface area contributed by atoms with E-state index in [2.05, 4.69) is 16.2 Å². The second kappa shape index (κ2) is 9.16. The van der Waals surface area contributed by atoms with Crippen molar-refractivity contribution in [2.75, 3.05) is 5.32 Å². The van der Waals surface area contributed by atoms with Crippen molar-refractivity contribution in [3.63, 3.8) is 0 Å². The van der Waals surface area contributed by atoms with Gasteiger partial charge < -0.3 is 5.32 Å². The van der Waals surface area contributed by atoms with Gasteiger partial charge in [0.2, 0.25) is 0 Å². The lowest BCUT2D eigenvalue weighted by Gasteiger charge is -2.12. The largest absolute Gasteiger partial charge is 0.321 e. The second-order valence-corrected chi connectivity index (χ2v) is 7.48. The third-order valence-electron chi connectivity index (χ3n) is 4.31. The Balaban J connectivity index is 1.68. The fourth-order valence-corrected chi connectivity index (χ4v) is 3.81. The van der Waals surface area contributed by atoms with Crippen LogP contribution in [-0.2, 0) is 6.42 Å². The number of anilines is 1. The van der Waals surface area contributed by atoms with Gasteiger partial charge in [0, 0.05) is 10.4 Å². The highest BCUT2D eigenvalue weighted by molar-refractivity contribution is 7.14. The van der Waals surface area contributed by atoms with Gasteiger partial charge in [0.15, 0.2) is 0 Å². The van der Waals surface area contributed by atoms with Crippen LogP contribution in [0.25, 0.3) is 0 Å². The molecule has 0 saturated heterocycles. The van der Waals surface area contributed by atoms with E-state index >= 15 is 0 Å². The number of hydrogen-bond donors (Lipinski definition) is 3. The van der Waals surface area contributed by atoms with E-state index in [-0.39, 0.29) is 17.4 Å². The van der Waals surface area contributed by atoms with E-state index in [9.17, 15) is 14.4 Å². The molecule has 3 aromatic rings. The van der Waals surface area contributed by atoms with Crippen LogP contribution in [0.1, 0.15) is 47.8 Å². The number of hydrogen-bond acceptors (Lipinski definition) is 4. The zero-order chi connectivity index (χ0) is 20.8. The van der Waals surface area contributed by atoms with Gasteiger partial charge >= 0.3 is 0 Å². The Bertz CT molecular complexity index is 1040. The van der Waals surface area contributed by atoms with Gasteiger partial charge in [-0.1, -0.05) is 37.3 Å². The maximum absolute atomic E-state index is 12.6. The molecule has 0 unspecified atom stereocenters. The molecule has 0 radical (unpaired) electrons. The summed E-state index contributed by atoms with van der Waals surface area (Å²) in [6.45, 7) is 3.99. The van der Waals surface area contributed by atoms with Gasteiger partial charge in [-0.2, -0.15) is 0 Å². The minimum atomic E-state index is -0.522. The first-order valence-electron chi connectivity index (χ1n) is 9.15. The predicted molar refractivity (Wildman–Crippen MR) is 114 cm³/mol. The van der Waals surface area contributed by atoms with E-state index < -0.39 is 5.91 Å². The van der Waals surface area contributed by atoms with E-state index in [1.54, 1.807) is 54.6 Å². The van der Waals surface area contributed by atoms with E-state index in [0.29, 0.717) is 16.1 Å². The van der Waals surface area contributed by atoms with Gasteiger partial charge in [0.05, 0.1) is 16.1 Å². The molecule has 0 fully saturated rings. The summed E-state index contributed by atoms with van der Waals surface area (Å²) in [5, 5.41) is 2.74. The minimum Gasteiger partial charge on any atom is -0.321 e. The summed E-state index contributed by atoms with van der Waals surface area (Å²) < 4.78 is 0. The van der Waals surface area contributed by atoms with Gasteiger partial charge in [-0.15, -0.1) is 11.3 Å². The molecule has 0 saturated carbocycles. The summed E-state index contributed by atoms with van der Waals surface area (Å²) in [7, 11) is 0. The lowest BCUT2D eigenvalue weighted by Crippen LogP contribution is -2.41. The maximum Gasteiger partial charge on any atom is 0.279 e. The number of carbonyl (C=O) groups excluding carboxylic acids is 3. The Hall–Kier alpha value is -3.45. The Labute approximate surface area is 172 Å². The number of aryl methyl sites for hydroxylation is 2. The van der Waals surface area contributed by atoms with Crippen LogP contribution in [0.2, 0.25) is 0 Å². The fraction of sp³-hybridized carbons (Fsp3) is 0.136. The summed E-state index contributed by atoms with van der Waals surface area (Å²) >= 11 is 1.40. The molecule has 0 spiro atoms. The fourth-order valence-electron chi connectivity index (χ4n) is 2.80. The lowest BCUT2D eigenvalue weighted by atomic mass is 10.1. The SMILES string of the molecule is CCc1sc(C(=O)NNC(=O)c2ccccc2NC(=O)c2ccccc2)cc1C. The molecule has 0 bridgehead atoms. The van der Waals surface area contributed by atoms with Gasteiger partial charge in [0.25, 0.3) is 17.7 Å². The molecule has 148 valence electrons. The van der Waals surface area contributed by atoms with Crippen LogP contribution in [0.15, 0.2) is 60.7 Å². The van der Waals surface area contributed by atoms with Crippen molar-refractivity contribution in [1.29, 1.82) is 0 Å². The minimum absolute atomic E-state index is 0.244. The van der Waals surface area contributed by atoms with Crippen molar-refractivity contribution in [3.05, 3.63) is 87.1 Å². The average Bonchev–Trinajstić information content (AvgIpc) is 3.13. The average molecular weight is 407 g/mol. The smallest absolute Gasteiger partial charge is 0.279 e. The first-order valence-corrected chi connectivity index (χ1v) is 9.96. The molecule has 0 atom stereocenters. The number of thiophene rings is 1. The van der Waals surface area contributed by atoms with Crippen LogP contribution in [-0.4, -0.2) is 17.7 Å². The topological polar surface area (TPSA) is 87.3 Å². The summed E-state index contributed by atoms with van der Waals surface area (Å²) in [6.07, 6.45) is 0.852. The predicted octanol–water partition coefficient (Wildman–Crippen LogP) is 3.95. The van der Waals surface area contributed by atoms with Gasteiger partial charge in [0.1, 0.15) is 0 Å². The van der Waals surface area contributed by atoms with E-state index in [0.717, 1.165) is 16.9 Å². The van der Waals surface area contributed by atoms with Crippen molar-refractivity contribution in [2.24, 2.45) is 0 Å². The molecular weight excluding hydrogens is 386 g/mol. The zero-order valence-electron chi connectivity index (χ0n) is 16.1. The summed E-state index contributed by atoms with van der Waals surface area (Å²) in [4.78, 5) is 39.0. The van der Waals surface area contributed by atoms with Crippen molar-refractivity contribution in [3.8, 4) is 0 Å². The third kappa shape index (κ3) is 4.89. The monoisotopic (exact) mass is 407 g/mol. The number of para-hydroxylation sites is 1. The highest BCUT2D eigenvalue weighted by atomic mass is 32.1. The van der Waals surface area contributed by atoms with Crippen molar-refractivity contribution in [2.45, 2.75) is 20.3 Å². The summed E-state index contributed by atoms with van der Waals surface area (Å²) in [5.74, 6) is -1.22. The van der Waals surface area contributed by atoms with Crippen LogP contribution >= 0.6 is 11.3 Å². The molecule has 1 heterocycles. The quantitative estimate of drug-likeness (QED) is 0.560. The molecule has 0 aliphatic carbocycles. The van der Waals surface area contributed by atoms with Crippen LogP contribution in [0.5, 0.6) is 0 Å². The first-order chi connectivity index (χ1) is 14.0. The third-order valence-corrected chi connectivity index (χ3v) is 5.69. The van der Waals surface area contributed by atoms with E-state index in [4.69, 9.17) is 0 Å². The van der Waals surface area contributed by atoms with Gasteiger partial charge in [-0.25, -0.2) is 0 Å².